The van der Waals surface area contributed by atoms with E-state index in [1.807, 2.05) is 24.0 Å². The molecular formula is C17H20Br2N2O4S. The minimum Gasteiger partial charge on any atom is -0.466 e. The largest absolute Gasteiger partial charge is 0.466 e. The van der Waals surface area contributed by atoms with Crippen molar-refractivity contribution in [1.29, 1.82) is 0 Å². The van der Waals surface area contributed by atoms with Crippen molar-refractivity contribution in [1.82, 2.24) is 10.2 Å². The summed E-state index contributed by atoms with van der Waals surface area (Å²) in [5, 5.41) is 3.84. The second kappa shape index (κ2) is 7.61. The van der Waals surface area contributed by atoms with Crippen molar-refractivity contribution < 1.29 is 19.0 Å². The Morgan fingerprint density at radius 3 is 2.85 bits per heavy atom. The van der Waals surface area contributed by atoms with Crippen LogP contribution in [0, 0.1) is 5.92 Å². The van der Waals surface area contributed by atoms with Crippen molar-refractivity contribution in [3.05, 3.63) is 26.6 Å². The Kier molecular flexibility index (Phi) is 5.81. The van der Waals surface area contributed by atoms with Gasteiger partial charge in [0.05, 0.1) is 23.7 Å². The van der Waals surface area contributed by atoms with Crippen LogP contribution in [0.1, 0.15) is 25.5 Å². The Balaban J connectivity index is 2.14. The van der Waals surface area contributed by atoms with E-state index in [1.54, 1.807) is 14.0 Å². The molecule has 1 N–H and O–H groups in total. The smallest absolute Gasteiger partial charge is 0.317 e. The monoisotopic (exact) mass is 506 g/mol. The maximum absolute atomic E-state index is 12.9. The molecule has 0 aromatic heterocycles. The standard InChI is InChI=1S/C17H20Br2N2O4S/c1-4-24-15(22)12-13-10-7-9(18)8-11(19)14(10)25-17(12,2)21(5-6-23-3)16(26)20-13/h7-8,12-13H,4-6H2,1-3H3,(H,20,26)/t12-,13-,17-/m0/s1. The number of nitrogens with one attached hydrogen (secondary N) is 1. The van der Waals surface area contributed by atoms with Gasteiger partial charge in [-0.3, -0.25) is 4.79 Å². The summed E-state index contributed by atoms with van der Waals surface area (Å²) in [6, 6.07) is 3.51. The Bertz CT molecular complexity index is 748. The molecule has 3 atom stereocenters. The molecule has 0 saturated carbocycles. The van der Waals surface area contributed by atoms with E-state index in [0.717, 1.165) is 14.5 Å². The first-order chi connectivity index (χ1) is 12.3. The highest BCUT2D eigenvalue weighted by Crippen LogP contribution is 2.51. The summed E-state index contributed by atoms with van der Waals surface area (Å²) in [4.78, 5) is 14.7. The van der Waals surface area contributed by atoms with Gasteiger partial charge in [0.25, 0.3) is 0 Å². The molecule has 2 bridgehead atoms. The summed E-state index contributed by atoms with van der Waals surface area (Å²) >= 11 is 12.6. The Hall–Kier alpha value is -0.900. The first kappa shape index (κ1) is 19.9. The van der Waals surface area contributed by atoms with Crippen LogP contribution in [-0.4, -0.2) is 48.6 Å². The first-order valence-electron chi connectivity index (χ1n) is 8.25. The molecule has 0 amide bonds. The molecule has 2 aliphatic rings. The van der Waals surface area contributed by atoms with Gasteiger partial charge >= 0.3 is 5.97 Å². The lowest BCUT2D eigenvalue weighted by molar-refractivity contribution is -0.176. The maximum Gasteiger partial charge on any atom is 0.317 e. The number of rotatable bonds is 5. The fraction of sp³-hybridized carbons (Fsp3) is 0.529. The van der Waals surface area contributed by atoms with Crippen molar-refractivity contribution in [2.24, 2.45) is 5.92 Å². The van der Waals surface area contributed by atoms with Crippen LogP contribution in [0.4, 0.5) is 0 Å². The summed E-state index contributed by atoms with van der Waals surface area (Å²) < 4.78 is 18.7. The average molecular weight is 508 g/mol. The SMILES string of the molecule is CCOC(=O)[C@@H]1[C@H]2NC(=S)N(CCOC)[C@@]1(C)Oc1c(Br)cc(Br)cc12. The van der Waals surface area contributed by atoms with E-state index in [0.29, 0.717) is 30.6 Å². The Morgan fingerprint density at radius 2 is 2.19 bits per heavy atom. The number of halogens is 2. The van der Waals surface area contributed by atoms with Crippen LogP contribution in [0.25, 0.3) is 0 Å². The number of ether oxygens (including phenoxy) is 3. The number of hydrogen-bond donors (Lipinski definition) is 1. The molecule has 3 rings (SSSR count). The number of methoxy groups -OCH3 is 1. The van der Waals surface area contributed by atoms with Crippen molar-refractivity contribution in [2.45, 2.75) is 25.6 Å². The maximum atomic E-state index is 12.9. The zero-order chi connectivity index (χ0) is 19.1. The van der Waals surface area contributed by atoms with Gasteiger partial charge in [0.1, 0.15) is 11.7 Å². The quantitative estimate of drug-likeness (QED) is 0.484. The van der Waals surface area contributed by atoms with Crippen LogP contribution in [-0.2, 0) is 14.3 Å². The molecule has 0 radical (unpaired) electrons. The number of nitrogens with zero attached hydrogens (tertiary/aromatic N) is 1. The van der Waals surface area contributed by atoms with E-state index in [2.05, 4.69) is 37.2 Å². The van der Waals surface area contributed by atoms with Gasteiger partial charge in [0.15, 0.2) is 10.8 Å². The average Bonchev–Trinajstić information content (AvgIpc) is 2.56. The lowest BCUT2D eigenvalue weighted by Crippen LogP contribution is -2.71. The number of thiocarbonyl (C=S) groups is 1. The van der Waals surface area contributed by atoms with Crippen LogP contribution < -0.4 is 10.1 Å². The Morgan fingerprint density at radius 1 is 1.46 bits per heavy atom. The van der Waals surface area contributed by atoms with Gasteiger partial charge in [0, 0.05) is 23.7 Å². The minimum atomic E-state index is -0.985. The van der Waals surface area contributed by atoms with Gasteiger partial charge in [-0.05, 0) is 54.1 Å². The molecular weight excluding hydrogens is 488 g/mol. The third kappa shape index (κ3) is 3.23. The first-order valence-corrected chi connectivity index (χ1v) is 10.2. The lowest BCUT2D eigenvalue weighted by atomic mass is 9.79. The molecule has 0 aliphatic carbocycles. The van der Waals surface area contributed by atoms with Crippen LogP contribution in [0.3, 0.4) is 0 Å². The van der Waals surface area contributed by atoms with Gasteiger partial charge in [-0.2, -0.15) is 0 Å². The predicted molar refractivity (Wildman–Crippen MR) is 108 cm³/mol. The predicted octanol–water partition coefficient (Wildman–Crippen LogP) is 3.38. The molecule has 1 fully saturated rings. The minimum absolute atomic E-state index is 0.301. The second-order valence-electron chi connectivity index (χ2n) is 6.26. The topological polar surface area (TPSA) is 60.0 Å². The van der Waals surface area contributed by atoms with Crippen molar-refractivity contribution in [3.63, 3.8) is 0 Å². The van der Waals surface area contributed by atoms with Gasteiger partial charge in [-0.25, -0.2) is 0 Å². The number of hydrogen-bond acceptors (Lipinski definition) is 5. The fourth-order valence-corrected chi connectivity index (χ4v) is 5.31. The van der Waals surface area contributed by atoms with Crippen LogP contribution >= 0.6 is 44.1 Å². The summed E-state index contributed by atoms with van der Waals surface area (Å²) in [5.74, 6) is -0.211. The second-order valence-corrected chi connectivity index (χ2v) is 8.42. The molecule has 1 aromatic carbocycles. The highest BCUT2D eigenvalue weighted by atomic mass is 79.9. The fourth-order valence-electron chi connectivity index (χ4n) is 3.57. The zero-order valence-corrected chi connectivity index (χ0v) is 18.7. The van der Waals surface area contributed by atoms with Gasteiger partial charge in [-0.15, -0.1) is 0 Å². The molecule has 9 heteroatoms. The normalized spacial score (nSPS) is 26.7. The number of esters is 1. The lowest BCUT2D eigenvalue weighted by Gasteiger charge is -2.55. The van der Waals surface area contributed by atoms with Crippen molar-refractivity contribution in [2.75, 3.05) is 26.9 Å². The van der Waals surface area contributed by atoms with Gasteiger partial charge < -0.3 is 24.4 Å². The Labute approximate surface area is 174 Å². The van der Waals surface area contributed by atoms with E-state index in [9.17, 15) is 4.79 Å². The van der Waals surface area contributed by atoms with E-state index in [-0.39, 0.29) is 12.0 Å². The van der Waals surface area contributed by atoms with Crippen LogP contribution in [0.15, 0.2) is 21.1 Å². The highest BCUT2D eigenvalue weighted by molar-refractivity contribution is 9.11. The summed E-state index contributed by atoms with van der Waals surface area (Å²) in [6.45, 7) is 4.92. The summed E-state index contributed by atoms with van der Waals surface area (Å²) in [5.41, 5.74) is -0.128. The molecule has 26 heavy (non-hydrogen) atoms. The van der Waals surface area contributed by atoms with Gasteiger partial charge in [-0.1, -0.05) is 15.9 Å². The molecule has 1 aromatic rings. The third-order valence-corrected chi connectivity index (χ3v) is 6.10. The molecule has 2 heterocycles. The van der Waals surface area contributed by atoms with E-state index in [4.69, 9.17) is 26.4 Å². The van der Waals surface area contributed by atoms with Crippen LogP contribution in [0.5, 0.6) is 5.75 Å². The highest BCUT2D eigenvalue weighted by Gasteiger charge is 2.59. The van der Waals surface area contributed by atoms with E-state index >= 15 is 0 Å². The third-order valence-electron chi connectivity index (χ3n) is 4.71. The van der Waals surface area contributed by atoms with E-state index in [1.165, 1.54) is 0 Å². The zero-order valence-electron chi connectivity index (χ0n) is 14.7. The van der Waals surface area contributed by atoms with Crippen LogP contribution in [0.2, 0.25) is 0 Å². The summed E-state index contributed by atoms with van der Waals surface area (Å²) in [7, 11) is 1.62. The molecule has 142 valence electrons. The number of benzene rings is 1. The molecule has 2 aliphatic heterocycles. The number of carbonyl (C=O) groups excluding carboxylic acids is 1. The van der Waals surface area contributed by atoms with E-state index < -0.39 is 11.6 Å². The summed E-state index contributed by atoms with van der Waals surface area (Å²) in [6.07, 6.45) is 0. The number of fused-ring (bicyclic) bond motifs is 4. The molecule has 1 saturated heterocycles. The molecule has 0 unspecified atom stereocenters. The number of carbonyl (C=O) groups is 1. The van der Waals surface area contributed by atoms with Gasteiger partial charge in [0.2, 0.25) is 0 Å². The van der Waals surface area contributed by atoms with Crippen molar-refractivity contribution >= 4 is 55.2 Å². The molecule has 6 nitrogen and oxygen atoms in total. The van der Waals surface area contributed by atoms with Crippen molar-refractivity contribution in [3.8, 4) is 5.75 Å². The molecule has 0 spiro atoms.